The van der Waals surface area contributed by atoms with Crippen LogP contribution < -0.4 is 11.5 Å². The fraction of sp³-hybridized carbons (Fsp3) is 0.750. The minimum absolute atomic E-state index is 0.00590. The Balaban J connectivity index is 4.16. The first-order valence-electron chi connectivity index (χ1n) is 6.28. The van der Waals surface area contributed by atoms with Gasteiger partial charge in [-0.2, -0.15) is 0 Å². The van der Waals surface area contributed by atoms with Crippen molar-refractivity contribution in [3.8, 4) is 0 Å². The van der Waals surface area contributed by atoms with Crippen molar-refractivity contribution in [1.29, 1.82) is 0 Å². The van der Waals surface area contributed by atoms with Gasteiger partial charge in [0.15, 0.2) is 0 Å². The standard InChI is InChI=1S/C12H24N4O2S/c1-9(2)16(8-10(13)17)7-5-12(18)15(3)6-4-11(14)19/h9H,4-8H2,1-3H3,(H2,13,17)(H2,14,19). The predicted molar refractivity (Wildman–Crippen MR) is 79.6 cm³/mol. The molecule has 0 rings (SSSR count). The van der Waals surface area contributed by atoms with Crippen LogP contribution in [-0.2, 0) is 9.59 Å². The van der Waals surface area contributed by atoms with Gasteiger partial charge in [-0.15, -0.1) is 0 Å². The minimum Gasteiger partial charge on any atom is -0.393 e. The minimum atomic E-state index is -0.386. The SMILES string of the molecule is CC(C)N(CCC(=O)N(C)CCC(N)=S)CC(N)=O. The highest BCUT2D eigenvalue weighted by Crippen LogP contribution is 2.01. The highest BCUT2D eigenvalue weighted by atomic mass is 32.1. The van der Waals surface area contributed by atoms with E-state index in [2.05, 4.69) is 0 Å². The van der Waals surface area contributed by atoms with Crippen LogP contribution >= 0.6 is 12.2 Å². The normalized spacial score (nSPS) is 10.8. The number of thiocarbonyl (C=S) groups is 1. The van der Waals surface area contributed by atoms with Crippen LogP contribution in [-0.4, -0.2) is 59.3 Å². The van der Waals surface area contributed by atoms with Gasteiger partial charge in [-0.25, -0.2) is 0 Å². The highest BCUT2D eigenvalue weighted by Gasteiger charge is 2.15. The summed E-state index contributed by atoms with van der Waals surface area (Å²) in [7, 11) is 1.72. The molecule has 0 aliphatic carbocycles. The second-order valence-electron chi connectivity index (χ2n) is 4.81. The molecule has 4 N–H and O–H groups in total. The van der Waals surface area contributed by atoms with E-state index >= 15 is 0 Å². The lowest BCUT2D eigenvalue weighted by Gasteiger charge is -2.25. The summed E-state index contributed by atoms with van der Waals surface area (Å²) in [5.41, 5.74) is 10.6. The molecule has 0 unspecified atom stereocenters. The van der Waals surface area contributed by atoms with E-state index in [1.54, 1.807) is 11.9 Å². The largest absolute Gasteiger partial charge is 0.393 e. The summed E-state index contributed by atoms with van der Waals surface area (Å²) < 4.78 is 0. The van der Waals surface area contributed by atoms with Gasteiger partial charge in [-0.1, -0.05) is 12.2 Å². The Kier molecular flexibility index (Phi) is 8.26. The Morgan fingerprint density at radius 2 is 1.74 bits per heavy atom. The Hall–Kier alpha value is -1.21. The Bertz CT molecular complexity index is 334. The number of rotatable bonds is 9. The molecule has 0 saturated carbocycles. The summed E-state index contributed by atoms with van der Waals surface area (Å²) in [6.45, 7) is 5.12. The number of amides is 2. The average Bonchev–Trinajstić information content (AvgIpc) is 2.29. The van der Waals surface area contributed by atoms with E-state index in [9.17, 15) is 9.59 Å². The summed E-state index contributed by atoms with van der Waals surface area (Å²) in [4.78, 5) is 26.7. The second kappa shape index (κ2) is 8.82. The molecule has 0 heterocycles. The van der Waals surface area contributed by atoms with E-state index in [4.69, 9.17) is 23.7 Å². The molecular weight excluding hydrogens is 264 g/mol. The van der Waals surface area contributed by atoms with Gasteiger partial charge in [0, 0.05) is 39.0 Å². The summed E-state index contributed by atoms with van der Waals surface area (Å²) in [6, 6.07) is 0.169. The average molecular weight is 288 g/mol. The van der Waals surface area contributed by atoms with Crippen molar-refractivity contribution in [2.75, 3.05) is 26.7 Å². The van der Waals surface area contributed by atoms with Crippen LogP contribution in [0.15, 0.2) is 0 Å². The molecule has 0 aliphatic rings. The maximum Gasteiger partial charge on any atom is 0.231 e. The number of primary amides is 1. The summed E-state index contributed by atoms with van der Waals surface area (Å²) in [6.07, 6.45) is 0.867. The first-order valence-corrected chi connectivity index (χ1v) is 6.69. The molecule has 0 spiro atoms. The Morgan fingerprint density at radius 1 is 1.16 bits per heavy atom. The molecule has 0 saturated heterocycles. The molecule has 0 fully saturated rings. The van der Waals surface area contributed by atoms with Crippen LogP contribution in [0.1, 0.15) is 26.7 Å². The van der Waals surface area contributed by atoms with Gasteiger partial charge in [0.1, 0.15) is 0 Å². The second-order valence-corrected chi connectivity index (χ2v) is 5.34. The van der Waals surface area contributed by atoms with E-state index in [0.29, 0.717) is 30.9 Å². The zero-order valence-corrected chi connectivity index (χ0v) is 12.7. The van der Waals surface area contributed by atoms with E-state index in [1.165, 1.54) is 0 Å². The van der Waals surface area contributed by atoms with Gasteiger partial charge in [-0.3, -0.25) is 14.5 Å². The van der Waals surface area contributed by atoms with Crippen molar-refractivity contribution in [2.45, 2.75) is 32.7 Å². The molecule has 0 radical (unpaired) electrons. The quantitative estimate of drug-likeness (QED) is 0.569. The molecule has 6 nitrogen and oxygen atoms in total. The smallest absolute Gasteiger partial charge is 0.231 e. The zero-order valence-electron chi connectivity index (χ0n) is 11.9. The number of hydrogen-bond donors (Lipinski definition) is 2. The molecule has 0 aromatic rings. The van der Waals surface area contributed by atoms with Crippen molar-refractivity contribution in [1.82, 2.24) is 9.80 Å². The number of carbonyl (C=O) groups is 2. The first kappa shape index (κ1) is 17.8. The maximum atomic E-state index is 11.9. The highest BCUT2D eigenvalue weighted by molar-refractivity contribution is 7.80. The molecule has 0 bridgehead atoms. The molecule has 2 amide bonds. The van der Waals surface area contributed by atoms with Crippen LogP contribution in [0.4, 0.5) is 0 Å². The van der Waals surface area contributed by atoms with Crippen molar-refractivity contribution in [3.63, 3.8) is 0 Å². The van der Waals surface area contributed by atoms with Gasteiger partial charge in [0.25, 0.3) is 0 Å². The summed E-state index contributed by atoms with van der Waals surface area (Å²) >= 11 is 4.77. The number of carbonyl (C=O) groups excluding carboxylic acids is 2. The molecular formula is C12H24N4O2S. The molecule has 0 aromatic heterocycles. The lowest BCUT2D eigenvalue weighted by atomic mass is 10.2. The monoisotopic (exact) mass is 288 g/mol. The van der Waals surface area contributed by atoms with E-state index < -0.39 is 0 Å². The van der Waals surface area contributed by atoms with Gasteiger partial charge >= 0.3 is 0 Å². The first-order chi connectivity index (χ1) is 8.73. The molecule has 110 valence electrons. The third-order valence-corrected chi connectivity index (χ3v) is 3.03. The van der Waals surface area contributed by atoms with Crippen molar-refractivity contribution in [2.24, 2.45) is 11.5 Å². The molecule has 0 aliphatic heterocycles. The van der Waals surface area contributed by atoms with Crippen LogP contribution in [0.25, 0.3) is 0 Å². The molecule has 19 heavy (non-hydrogen) atoms. The summed E-state index contributed by atoms with van der Waals surface area (Å²) in [5, 5.41) is 0. The maximum absolute atomic E-state index is 11.9. The van der Waals surface area contributed by atoms with Crippen LogP contribution in [0.2, 0.25) is 0 Å². The van der Waals surface area contributed by atoms with Gasteiger partial charge < -0.3 is 16.4 Å². The van der Waals surface area contributed by atoms with Crippen molar-refractivity contribution < 1.29 is 9.59 Å². The molecule has 0 atom stereocenters. The van der Waals surface area contributed by atoms with Crippen LogP contribution in [0.5, 0.6) is 0 Å². The molecule has 0 aromatic carbocycles. The van der Waals surface area contributed by atoms with Gasteiger partial charge in [0.05, 0.1) is 11.5 Å². The van der Waals surface area contributed by atoms with E-state index in [-0.39, 0.29) is 24.4 Å². The number of nitrogens with zero attached hydrogens (tertiary/aromatic N) is 2. The summed E-state index contributed by atoms with van der Waals surface area (Å²) in [5.74, 6) is -0.380. The van der Waals surface area contributed by atoms with Gasteiger partial charge in [-0.05, 0) is 13.8 Å². The topological polar surface area (TPSA) is 92.7 Å². The lowest BCUT2D eigenvalue weighted by Crippen LogP contribution is -2.41. The third kappa shape index (κ3) is 8.50. The molecule has 7 heteroatoms. The van der Waals surface area contributed by atoms with E-state index in [1.807, 2.05) is 18.7 Å². The van der Waals surface area contributed by atoms with Gasteiger partial charge in [0.2, 0.25) is 11.8 Å². The lowest BCUT2D eigenvalue weighted by molar-refractivity contribution is -0.130. The third-order valence-electron chi connectivity index (χ3n) is 2.82. The fourth-order valence-electron chi connectivity index (χ4n) is 1.55. The van der Waals surface area contributed by atoms with Crippen molar-refractivity contribution in [3.05, 3.63) is 0 Å². The number of hydrogen-bond acceptors (Lipinski definition) is 4. The Labute approximate surface area is 120 Å². The Morgan fingerprint density at radius 3 is 2.16 bits per heavy atom. The van der Waals surface area contributed by atoms with Crippen LogP contribution in [0.3, 0.4) is 0 Å². The van der Waals surface area contributed by atoms with Crippen LogP contribution in [0, 0.1) is 0 Å². The van der Waals surface area contributed by atoms with E-state index in [0.717, 1.165) is 0 Å². The predicted octanol–water partition coefficient (Wildman–Crippen LogP) is -0.293. The van der Waals surface area contributed by atoms with Crippen molar-refractivity contribution >= 4 is 29.0 Å². The fourth-order valence-corrected chi connectivity index (χ4v) is 1.64. The zero-order chi connectivity index (χ0) is 15.0. The number of nitrogens with two attached hydrogens (primary N) is 2.